The van der Waals surface area contributed by atoms with Crippen molar-refractivity contribution in [2.75, 3.05) is 13.1 Å². The second kappa shape index (κ2) is 5.46. The predicted octanol–water partition coefficient (Wildman–Crippen LogP) is 1.83. The van der Waals surface area contributed by atoms with E-state index >= 15 is 0 Å². The quantitative estimate of drug-likeness (QED) is 0.801. The molecule has 23 heavy (non-hydrogen) atoms. The average molecular weight is 307 g/mol. The summed E-state index contributed by atoms with van der Waals surface area (Å²) in [5.74, 6) is 2.04. The van der Waals surface area contributed by atoms with E-state index in [-0.39, 0.29) is 11.8 Å². The molecular weight excluding hydrogens is 290 g/mol. The van der Waals surface area contributed by atoms with Crippen LogP contribution in [0.2, 0.25) is 0 Å². The third-order valence-electron chi connectivity index (χ3n) is 4.27. The van der Waals surface area contributed by atoms with Gasteiger partial charge in [-0.05, 0) is 23.9 Å². The molecule has 0 unspecified atom stereocenters. The van der Waals surface area contributed by atoms with Crippen molar-refractivity contribution < 1.29 is 4.79 Å². The van der Waals surface area contributed by atoms with Gasteiger partial charge in [-0.1, -0.05) is 18.2 Å². The fourth-order valence-electron chi connectivity index (χ4n) is 2.92. The van der Waals surface area contributed by atoms with E-state index in [1.54, 1.807) is 6.20 Å². The van der Waals surface area contributed by atoms with Crippen molar-refractivity contribution in [3.63, 3.8) is 0 Å². The van der Waals surface area contributed by atoms with E-state index in [4.69, 9.17) is 0 Å². The van der Waals surface area contributed by atoms with Gasteiger partial charge in [-0.2, -0.15) is 5.10 Å². The number of hydrogen-bond donors (Lipinski definition) is 1. The maximum Gasteiger partial charge on any atom is 0.227 e. The predicted molar refractivity (Wildman–Crippen MR) is 85.9 cm³/mol. The van der Waals surface area contributed by atoms with Gasteiger partial charge in [-0.15, -0.1) is 0 Å². The van der Waals surface area contributed by atoms with Gasteiger partial charge in [0.2, 0.25) is 5.91 Å². The minimum Gasteiger partial charge on any atom is -0.341 e. The molecule has 3 heterocycles. The lowest BCUT2D eigenvalue weighted by Gasteiger charge is -2.37. The highest BCUT2D eigenvalue weighted by molar-refractivity contribution is 5.85. The molecule has 1 aliphatic heterocycles. The number of amides is 1. The summed E-state index contributed by atoms with van der Waals surface area (Å²) in [7, 11) is 0. The van der Waals surface area contributed by atoms with E-state index in [0.717, 1.165) is 28.0 Å². The molecule has 1 amide bonds. The highest BCUT2D eigenvalue weighted by atomic mass is 16.2. The van der Waals surface area contributed by atoms with E-state index < -0.39 is 0 Å². The van der Waals surface area contributed by atoms with E-state index in [9.17, 15) is 4.79 Å². The number of likely N-dealkylation sites (tertiary alicyclic amines) is 1. The van der Waals surface area contributed by atoms with Crippen LogP contribution in [-0.2, 0) is 11.2 Å². The van der Waals surface area contributed by atoms with Gasteiger partial charge >= 0.3 is 0 Å². The number of nitrogens with zero attached hydrogens (tertiary/aromatic N) is 4. The fourth-order valence-corrected chi connectivity index (χ4v) is 2.92. The number of benzene rings is 1. The summed E-state index contributed by atoms with van der Waals surface area (Å²) in [5.41, 5.74) is 1.03. The summed E-state index contributed by atoms with van der Waals surface area (Å²) in [6.45, 7) is 3.29. The molecule has 1 N–H and O–H groups in total. The number of H-pyrrole nitrogens is 1. The smallest absolute Gasteiger partial charge is 0.227 e. The van der Waals surface area contributed by atoms with Crippen molar-refractivity contribution >= 4 is 16.7 Å². The Morgan fingerprint density at radius 1 is 1.30 bits per heavy atom. The van der Waals surface area contributed by atoms with Crippen molar-refractivity contribution in [3.8, 4) is 0 Å². The van der Waals surface area contributed by atoms with Crippen LogP contribution in [0.4, 0.5) is 0 Å². The topological polar surface area (TPSA) is 74.8 Å². The second-order valence-corrected chi connectivity index (χ2v) is 6.01. The lowest BCUT2D eigenvalue weighted by Crippen LogP contribution is -2.49. The SMILES string of the molecule is Cc1nc(C2CN(C(=O)Cc3ccc4cnccc4c3)C2)n[nH]1. The summed E-state index contributed by atoms with van der Waals surface area (Å²) in [6, 6.07) is 8.04. The Morgan fingerprint density at radius 3 is 2.96 bits per heavy atom. The van der Waals surface area contributed by atoms with Crippen molar-refractivity contribution in [1.82, 2.24) is 25.1 Å². The molecule has 0 spiro atoms. The molecule has 4 rings (SSSR count). The number of hydrogen-bond acceptors (Lipinski definition) is 4. The normalized spacial score (nSPS) is 14.9. The molecule has 1 aliphatic rings. The summed E-state index contributed by atoms with van der Waals surface area (Å²) in [6.07, 6.45) is 4.03. The van der Waals surface area contributed by atoms with Gasteiger partial charge in [-0.25, -0.2) is 4.98 Å². The zero-order valence-electron chi connectivity index (χ0n) is 12.9. The molecule has 0 aliphatic carbocycles. The molecule has 116 valence electrons. The maximum absolute atomic E-state index is 12.4. The van der Waals surface area contributed by atoms with Gasteiger partial charge in [0.1, 0.15) is 5.82 Å². The van der Waals surface area contributed by atoms with Crippen LogP contribution in [0.3, 0.4) is 0 Å². The van der Waals surface area contributed by atoms with Crippen molar-refractivity contribution in [2.24, 2.45) is 0 Å². The van der Waals surface area contributed by atoms with Crippen LogP contribution in [0, 0.1) is 6.92 Å². The first kappa shape index (κ1) is 13.9. The van der Waals surface area contributed by atoms with Crippen LogP contribution in [0.1, 0.15) is 23.1 Å². The van der Waals surface area contributed by atoms with Crippen LogP contribution in [0.15, 0.2) is 36.7 Å². The van der Waals surface area contributed by atoms with Gasteiger partial charge in [-0.3, -0.25) is 14.9 Å². The van der Waals surface area contributed by atoms with Crippen LogP contribution in [-0.4, -0.2) is 44.1 Å². The maximum atomic E-state index is 12.4. The first-order valence-corrected chi connectivity index (χ1v) is 7.68. The van der Waals surface area contributed by atoms with E-state index in [2.05, 4.69) is 26.2 Å². The Balaban J connectivity index is 1.40. The van der Waals surface area contributed by atoms with Crippen molar-refractivity contribution in [2.45, 2.75) is 19.3 Å². The number of aryl methyl sites for hydroxylation is 1. The number of pyridine rings is 1. The van der Waals surface area contributed by atoms with Crippen LogP contribution in [0.5, 0.6) is 0 Å². The van der Waals surface area contributed by atoms with Crippen LogP contribution in [0.25, 0.3) is 10.8 Å². The first-order chi connectivity index (χ1) is 11.2. The zero-order chi connectivity index (χ0) is 15.8. The number of aromatic nitrogens is 4. The Labute approximate surface area is 133 Å². The molecule has 1 aromatic carbocycles. The summed E-state index contributed by atoms with van der Waals surface area (Å²) < 4.78 is 0. The van der Waals surface area contributed by atoms with Gasteiger partial charge in [0.15, 0.2) is 5.82 Å². The molecule has 0 radical (unpaired) electrons. The van der Waals surface area contributed by atoms with E-state index in [0.29, 0.717) is 19.5 Å². The molecule has 2 aromatic heterocycles. The Bertz CT molecular complexity index is 866. The standard InChI is InChI=1S/C17H17N5O/c1-11-19-17(21-20-11)15-9-22(10-15)16(23)7-12-2-3-14-8-18-5-4-13(14)6-12/h2-6,8,15H,7,9-10H2,1H3,(H,19,20,21). The fraction of sp³-hybridized carbons (Fsp3) is 0.294. The minimum atomic E-state index is 0.155. The number of carbonyl (C=O) groups is 1. The largest absolute Gasteiger partial charge is 0.341 e. The van der Waals surface area contributed by atoms with E-state index in [1.807, 2.05) is 36.2 Å². The first-order valence-electron chi connectivity index (χ1n) is 7.68. The van der Waals surface area contributed by atoms with Gasteiger partial charge in [0.05, 0.1) is 12.3 Å². The molecule has 6 nitrogen and oxygen atoms in total. The summed E-state index contributed by atoms with van der Waals surface area (Å²) in [5, 5.41) is 9.22. The van der Waals surface area contributed by atoms with Gasteiger partial charge in [0.25, 0.3) is 0 Å². The van der Waals surface area contributed by atoms with Gasteiger partial charge in [0, 0.05) is 30.9 Å². The molecule has 1 saturated heterocycles. The molecule has 3 aromatic rings. The van der Waals surface area contributed by atoms with E-state index in [1.165, 1.54) is 0 Å². The number of nitrogens with one attached hydrogen (secondary N) is 1. The summed E-state index contributed by atoms with van der Waals surface area (Å²) in [4.78, 5) is 22.7. The second-order valence-electron chi connectivity index (χ2n) is 6.01. The molecular formula is C17H17N5O. The Kier molecular flexibility index (Phi) is 3.29. The van der Waals surface area contributed by atoms with Crippen molar-refractivity contribution in [1.29, 1.82) is 0 Å². The number of aromatic amines is 1. The number of fused-ring (bicyclic) bond motifs is 1. The third kappa shape index (κ3) is 2.67. The van der Waals surface area contributed by atoms with Gasteiger partial charge < -0.3 is 4.90 Å². The molecule has 0 bridgehead atoms. The third-order valence-corrected chi connectivity index (χ3v) is 4.27. The minimum absolute atomic E-state index is 0.155. The lowest BCUT2D eigenvalue weighted by molar-refractivity contribution is -0.135. The highest BCUT2D eigenvalue weighted by Gasteiger charge is 2.33. The zero-order valence-corrected chi connectivity index (χ0v) is 12.9. The number of rotatable bonds is 3. The molecule has 6 heteroatoms. The monoisotopic (exact) mass is 307 g/mol. The average Bonchev–Trinajstić information content (AvgIpc) is 2.92. The summed E-state index contributed by atoms with van der Waals surface area (Å²) >= 11 is 0. The Hall–Kier alpha value is -2.76. The number of carbonyl (C=O) groups excluding carboxylic acids is 1. The Morgan fingerprint density at radius 2 is 2.17 bits per heavy atom. The molecule has 1 fully saturated rings. The molecule has 0 atom stereocenters. The lowest BCUT2D eigenvalue weighted by atomic mass is 9.98. The van der Waals surface area contributed by atoms with Crippen LogP contribution < -0.4 is 0 Å². The van der Waals surface area contributed by atoms with Crippen molar-refractivity contribution in [3.05, 3.63) is 53.9 Å². The molecule has 0 saturated carbocycles. The van der Waals surface area contributed by atoms with Crippen LogP contribution >= 0.6 is 0 Å². The highest BCUT2D eigenvalue weighted by Crippen LogP contribution is 2.25.